The SMILES string of the molecule is C1CCCCC1.CCCCCC. The van der Waals surface area contributed by atoms with Crippen molar-refractivity contribution in [2.75, 3.05) is 0 Å². The van der Waals surface area contributed by atoms with Crippen molar-refractivity contribution in [3.8, 4) is 0 Å². The Bertz CT molecular complexity index is 46.9. The van der Waals surface area contributed by atoms with Crippen LogP contribution in [-0.4, -0.2) is 0 Å². The van der Waals surface area contributed by atoms with Crippen molar-refractivity contribution < 1.29 is 0 Å². The fourth-order valence-electron chi connectivity index (χ4n) is 1.56. The highest BCUT2D eigenvalue weighted by Gasteiger charge is 1.95. The van der Waals surface area contributed by atoms with Gasteiger partial charge in [-0.25, -0.2) is 0 Å². The molecule has 12 heavy (non-hydrogen) atoms. The van der Waals surface area contributed by atoms with Crippen molar-refractivity contribution in [3.05, 3.63) is 0 Å². The van der Waals surface area contributed by atoms with Crippen molar-refractivity contribution in [1.29, 1.82) is 0 Å². The van der Waals surface area contributed by atoms with E-state index in [9.17, 15) is 0 Å². The third-order valence-corrected chi connectivity index (χ3v) is 2.46. The molecule has 0 amide bonds. The Morgan fingerprint density at radius 1 is 0.583 bits per heavy atom. The molecule has 0 N–H and O–H groups in total. The van der Waals surface area contributed by atoms with Crippen LogP contribution in [0.3, 0.4) is 0 Å². The smallest absolute Gasteiger partial charge is 0.0533 e. The van der Waals surface area contributed by atoms with Crippen LogP contribution in [0.15, 0.2) is 0 Å². The summed E-state index contributed by atoms with van der Waals surface area (Å²) in [6.45, 7) is 4.46. The highest BCUT2D eigenvalue weighted by atomic mass is 14.0. The summed E-state index contributed by atoms with van der Waals surface area (Å²) in [5, 5.41) is 0. The molecule has 0 heterocycles. The van der Waals surface area contributed by atoms with Gasteiger partial charge in [-0.3, -0.25) is 0 Å². The van der Waals surface area contributed by atoms with Crippen molar-refractivity contribution in [1.82, 2.24) is 0 Å². The van der Waals surface area contributed by atoms with Crippen LogP contribution in [-0.2, 0) is 0 Å². The fourth-order valence-corrected chi connectivity index (χ4v) is 1.56. The van der Waals surface area contributed by atoms with Gasteiger partial charge in [-0.15, -0.1) is 0 Å². The highest BCUT2D eigenvalue weighted by molar-refractivity contribution is 4.51. The molecule has 0 aromatic carbocycles. The van der Waals surface area contributed by atoms with E-state index in [0.29, 0.717) is 0 Å². The van der Waals surface area contributed by atoms with Crippen LogP contribution in [0.25, 0.3) is 0 Å². The molecule has 0 atom stereocenters. The lowest BCUT2D eigenvalue weighted by Gasteiger charge is -2.05. The van der Waals surface area contributed by atoms with Gasteiger partial charge < -0.3 is 0 Å². The van der Waals surface area contributed by atoms with Gasteiger partial charge in [0.25, 0.3) is 0 Å². The van der Waals surface area contributed by atoms with Crippen molar-refractivity contribution in [2.45, 2.75) is 78.1 Å². The van der Waals surface area contributed by atoms with Crippen LogP contribution in [0.4, 0.5) is 0 Å². The molecule has 0 radical (unpaired) electrons. The van der Waals surface area contributed by atoms with Gasteiger partial charge >= 0.3 is 0 Å². The molecule has 1 rings (SSSR count). The monoisotopic (exact) mass is 170 g/mol. The number of hydrogen-bond donors (Lipinski definition) is 0. The van der Waals surface area contributed by atoms with Gasteiger partial charge in [-0.05, 0) is 0 Å². The van der Waals surface area contributed by atoms with Gasteiger partial charge in [-0.1, -0.05) is 78.1 Å². The highest BCUT2D eigenvalue weighted by Crippen LogP contribution is 2.15. The van der Waals surface area contributed by atoms with E-state index < -0.39 is 0 Å². The van der Waals surface area contributed by atoms with Gasteiger partial charge in [0, 0.05) is 0 Å². The first kappa shape index (κ1) is 12.0. The summed E-state index contributed by atoms with van der Waals surface area (Å²) in [7, 11) is 0. The first-order chi connectivity index (χ1) is 5.91. The number of unbranched alkanes of at least 4 members (excludes halogenated alkanes) is 3. The maximum Gasteiger partial charge on any atom is -0.0533 e. The first-order valence-corrected chi connectivity index (χ1v) is 5.91. The second kappa shape index (κ2) is 11.0. The molecule has 0 heteroatoms. The van der Waals surface area contributed by atoms with E-state index in [1.54, 1.807) is 0 Å². The molecule has 1 saturated carbocycles. The summed E-state index contributed by atoms with van der Waals surface area (Å²) < 4.78 is 0. The molecule has 0 aromatic rings. The van der Waals surface area contributed by atoms with Crippen LogP contribution in [0.5, 0.6) is 0 Å². The molecule has 0 unspecified atom stereocenters. The molecular formula is C12H26. The average molecular weight is 170 g/mol. The lowest BCUT2D eigenvalue weighted by atomic mass is 10.0. The predicted octanol–water partition coefficient (Wildman–Crippen LogP) is 4.93. The molecule has 1 fully saturated rings. The summed E-state index contributed by atoms with van der Waals surface area (Å²) in [6.07, 6.45) is 14.5. The third kappa shape index (κ3) is 10.0. The molecule has 0 bridgehead atoms. The Morgan fingerprint density at radius 2 is 0.833 bits per heavy atom. The lowest BCUT2D eigenvalue weighted by Crippen LogP contribution is -1.85. The van der Waals surface area contributed by atoms with Crippen LogP contribution < -0.4 is 0 Å². The van der Waals surface area contributed by atoms with E-state index in [1.165, 1.54) is 64.2 Å². The van der Waals surface area contributed by atoms with Crippen molar-refractivity contribution in [3.63, 3.8) is 0 Å². The lowest BCUT2D eigenvalue weighted by molar-refractivity contribution is 0.504. The Kier molecular flexibility index (Phi) is 11.0. The third-order valence-electron chi connectivity index (χ3n) is 2.46. The van der Waals surface area contributed by atoms with Crippen LogP contribution >= 0.6 is 0 Å². The zero-order valence-electron chi connectivity index (χ0n) is 9.07. The Balaban J connectivity index is 0.000000202. The zero-order chi connectivity index (χ0) is 9.07. The van der Waals surface area contributed by atoms with E-state index in [4.69, 9.17) is 0 Å². The summed E-state index contributed by atoms with van der Waals surface area (Å²) in [5.74, 6) is 0. The Morgan fingerprint density at radius 3 is 1.00 bits per heavy atom. The van der Waals surface area contributed by atoms with E-state index in [-0.39, 0.29) is 0 Å². The summed E-state index contributed by atoms with van der Waals surface area (Å²) in [4.78, 5) is 0. The van der Waals surface area contributed by atoms with Crippen molar-refractivity contribution >= 4 is 0 Å². The molecule has 0 nitrogen and oxygen atoms in total. The molecule has 0 saturated heterocycles. The molecule has 0 spiro atoms. The standard InChI is InChI=1S/C6H12.C6H14/c1-2-4-6-5-3-1;1-3-5-6-4-2/h1-6H2;3-6H2,1-2H3. The Hall–Kier alpha value is 0. The second-order valence-corrected chi connectivity index (χ2v) is 3.83. The summed E-state index contributed by atoms with van der Waals surface area (Å²) in [6, 6.07) is 0. The van der Waals surface area contributed by atoms with Crippen LogP contribution in [0.1, 0.15) is 78.1 Å². The van der Waals surface area contributed by atoms with E-state index >= 15 is 0 Å². The maximum absolute atomic E-state index is 2.23. The maximum atomic E-state index is 2.23. The molecule has 0 aliphatic heterocycles. The topological polar surface area (TPSA) is 0 Å². The molecule has 1 aliphatic carbocycles. The largest absolute Gasteiger partial charge is 0.0654 e. The van der Waals surface area contributed by atoms with Crippen LogP contribution in [0, 0.1) is 0 Å². The quantitative estimate of drug-likeness (QED) is 0.527. The van der Waals surface area contributed by atoms with Gasteiger partial charge in [0.2, 0.25) is 0 Å². The second-order valence-electron chi connectivity index (χ2n) is 3.83. The van der Waals surface area contributed by atoms with Gasteiger partial charge in [0.05, 0.1) is 0 Å². The fraction of sp³-hybridized carbons (Fsp3) is 1.00. The zero-order valence-corrected chi connectivity index (χ0v) is 9.07. The molecule has 74 valence electrons. The van der Waals surface area contributed by atoms with E-state index in [2.05, 4.69) is 13.8 Å². The minimum absolute atomic E-state index is 1.36. The minimum Gasteiger partial charge on any atom is -0.0654 e. The molecule has 1 aliphatic rings. The van der Waals surface area contributed by atoms with E-state index in [0.717, 1.165) is 0 Å². The average Bonchev–Trinajstić information content (AvgIpc) is 2.18. The minimum atomic E-state index is 1.36. The molecular weight excluding hydrogens is 144 g/mol. The van der Waals surface area contributed by atoms with Crippen LogP contribution in [0.2, 0.25) is 0 Å². The predicted molar refractivity (Wildman–Crippen MR) is 57.5 cm³/mol. The number of rotatable bonds is 3. The van der Waals surface area contributed by atoms with Crippen molar-refractivity contribution in [2.24, 2.45) is 0 Å². The van der Waals surface area contributed by atoms with Gasteiger partial charge in [0.1, 0.15) is 0 Å². The summed E-state index contributed by atoms with van der Waals surface area (Å²) >= 11 is 0. The van der Waals surface area contributed by atoms with Gasteiger partial charge in [-0.2, -0.15) is 0 Å². The number of hydrogen-bond acceptors (Lipinski definition) is 0. The van der Waals surface area contributed by atoms with E-state index in [1.807, 2.05) is 0 Å². The normalized spacial score (nSPS) is 16.5. The summed E-state index contributed by atoms with van der Waals surface area (Å²) in [5.41, 5.74) is 0. The first-order valence-electron chi connectivity index (χ1n) is 5.91. The van der Waals surface area contributed by atoms with Gasteiger partial charge in [0.15, 0.2) is 0 Å². The molecule has 0 aromatic heterocycles. The Labute approximate surface area is 78.8 Å².